The topological polar surface area (TPSA) is 17.1 Å². The number of ketones is 1. The second-order valence-electron chi connectivity index (χ2n) is 5.29. The molecule has 0 saturated heterocycles. The molecule has 2 atom stereocenters. The summed E-state index contributed by atoms with van der Waals surface area (Å²) in [5.74, 6) is 1.03. The first kappa shape index (κ1) is 10.5. The van der Waals surface area contributed by atoms with Gasteiger partial charge in [0.25, 0.3) is 0 Å². The lowest BCUT2D eigenvalue weighted by Crippen LogP contribution is -2.26. The highest BCUT2D eigenvalue weighted by Gasteiger charge is 2.29. The van der Waals surface area contributed by atoms with Gasteiger partial charge in [0.2, 0.25) is 0 Å². The summed E-state index contributed by atoms with van der Waals surface area (Å²) in [4.78, 5) is 11.6. The van der Waals surface area contributed by atoms with Crippen molar-refractivity contribution in [3.8, 4) is 0 Å². The molecule has 74 valence electrons. The average Bonchev–Trinajstić information content (AvgIpc) is 1.97. The number of allylic oxidation sites excluding steroid dienone is 2. The molecule has 1 nitrogen and oxygen atoms in total. The third-order valence-corrected chi connectivity index (χ3v) is 3.12. The minimum absolute atomic E-state index is 0.157. The van der Waals surface area contributed by atoms with Crippen molar-refractivity contribution in [2.24, 2.45) is 17.3 Å². The van der Waals surface area contributed by atoms with Gasteiger partial charge in [-0.15, -0.1) is 0 Å². The lowest BCUT2D eigenvalue weighted by Gasteiger charge is -2.31. The molecule has 1 aliphatic carbocycles. The van der Waals surface area contributed by atoms with Crippen LogP contribution in [0.15, 0.2) is 11.6 Å². The zero-order valence-corrected chi connectivity index (χ0v) is 9.35. The van der Waals surface area contributed by atoms with Crippen molar-refractivity contribution in [2.45, 2.75) is 41.0 Å². The summed E-state index contributed by atoms with van der Waals surface area (Å²) in [6.07, 6.45) is 2.95. The summed E-state index contributed by atoms with van der Waals surface area (Å²) in [6, 6.07) is 0. The van der Waals surface area contributed by atoms with Gasteiger partial charge in [0.1, 0.15) is 0 Å². The molecule has 1 rings (SSSR count). The SMILES string of the molecule is C[C@@H]1CC(C(C)(C)C)=CC(=O)[C@@H]1C. The first-order chi connectivity index (χ1) is 5.82. The van der Waals surface area contributed by atoms with Gasteiger partial charge in [-0.3, -0.25) is 4.79 Å². The van der Waals surface area contributed by atoms with Gasteiger partial charge >= 0.3 is 0 Å². The normalized spacial score (nSPS) is 30.2. The Kier molecular flexibility index (Phi) is 2.65. The maximum absolute atomic E-state index is 11.6. The van der Waals surface area contributed by atoms with Gasteiger partial charge in [-0.2, -0.15) is 0 Å². The smallest absolute Gasteiger partial charge is 0.158 e. The standard InChI is InChI=1S/C12H20O/c1-8-6-10(12(3,4)5)7-11(13)9(8)2/h7-9H,6H2,1-5H3/t8-,9-/m1/s1. The Morgan fingerprint density at radius 2 is 1.85 bits per heavy atom. The molecule has 0 aromatic heterocycles. The highest BCUT2D eigenvalue weighted by atomic mass is 16.1. The van der Waals surface area contributed by atoms with Crippen LogP contribution in [0.5, 0.6) is 0 Å². The van der Waals surface area contributed by atoms with Crippen molar-refractivity contribution in [1.29, 1.82) is 0 Å². The van der Waals surface area contributed by atoms with Gasteiger partial charge < -0.3 is 0 Å². The second-order valence-corrected chi connectivity index (χ2v) is 5.29. The van der Waals surface area contributed by atoms with E-state index >= 15 is 0 Å². The first-order valence-corrected chi connectivity index (χ1v) is 5.07. The molecule has 0 fully saturated rings. The van der Waals surface area contributed by atoms with Crippen LogP contribution < -0.4 is 0 Å². The molecule has 13 heavy (non-hydrogen) atoms. The lowest BCUT2D eigenvalue weighted by atomic mass is 9.73. The van der Waals surface area contributed by atoms with Crippen molar-refractivity contribution in [3.05, 3.63) is 11.6 Å². The van der Waals surface area contributed by atoms with Crippen LogP contribution in [0.4, 0.5) is 0 Å². The predicted molar refractivity (Wildman–Crippen MR) is 55.5 cm³/mol. The third-order valence-electron chi connectivity index (χ3n) is 3.12. The van der Waals surface area contributed by atoms with E-state index in [0.29, 0.717) is 11.7 Å². The first-order valence-electron chi connectivity index (χ1n) is 5.07. The molecule has 0 spiro atoms. The maximum atomic E-state index is 11.6. The summed E-state index contributed by atoms with van der Waals surface area (Å²) < 4.78 is 0. The van der Waals surface area contributed by atoms with Crippen molar-refractivity contribution in [2.75, 3.05) is 0 Å². The van der Waals surface area contributed by atoms with Crippen LogP contribution in [0.2, 0.25) is 0 Å². The fourth-order valence-corrected chi connectivity index (χ4v) is 1.69. The van der Waals surface area contributed by atoms with E-state index in [4.69, 9.17) is 0 Å². The molecule has 1 aliphatic rings. The molecule has 0 aliphatic heterocycles. The number of carbonyl (C=O) groups excluding carboxylic acids is 1. The molecule has 0 amide bonds. The van der Waals surface area contributed by atoms with Crippen LogP contribution in [0.25, 0.3) is 0 Å². The van der Waals surface area contributed by atoms with Crippen molar-refractivity contribution in [1.82, 2.24) is 0 Å². The van der Waals surface area contributed by atoms with Crippen LogP contribution in [0.3, 0.4) is 0 Å². The van der Waals surface area contributed by atoms with Crippen molar-refractivity contribution < 1.29 is 4.79 Å². The van der Waals surface area contributed by atoms with Gasteiger partial charge in [0.15, 0.2) is 5.78 Å². The van der Waals surface area contributed by atoms with Crippen LogP contribution in [0, 0.1) is 17.3 Å². The molecule has 0 bridgehead atoms. The van der Waals surface area contributed by atoms with Gasteiger partial charge in [0.05, 0.1) is 0 Å². The van der Waals surface area contributed by atoms with Gasteiger partial charge in [0, 0.05) is 5.92 Å². The monoisotopic (exact) mass is 180 g/mol. The number of rotatable bonds is 0. The molecule has 0 saturated carbocycles. The Morgan fingerprint density at radius 1 is 1.31 bits per heavy atom. The quantitative estimate of drug-likeness (QED) is 0.559. The molecular weight excluding hydrogens is 160 g/mol. The van der Waals surface area contributed by atoms with Gasteiger partial charge in [-0.1, -0.05) is 40.2 Å². The highest BCUT2D eigenvalue weighted by molar-refractivity contribution is 5.93. The molecular formula is C12H20O. The van der Waals surface area contributed by atoms with E-state index in [1.165, 1.54) is 5.57 Å². The Hall–Kier alpha value is -0.590. The Morgan fingerprint density at radius 3 is 2.23 bits per heavy atom. The molecule has 0 aromatic rings. The maximum Gasteiger partial charge on any atom is 0.158 e. The summed E-state index contributed by atoms with van der Waals surface area (Å²) in [5, 5.41) is 0. The summed E-state index contributed by atoms with van der Waals surface area (Å²) in [6.45, 7) is 10.7. The number of carbonyl (C=O) groups is 1. The highest BCUT2D eigenvalue weighted by Crippen LogP contribution is 2.36. The minimum Gasteiger partial charge on any atom is -0.295 e. The number of hydrogen-bond acceptors (Lipinski definition) is 1. The average molecular weight is 180 g/mol. The van der Waals surface area contributed by atoms with Crippen LogP contribution in [0.1, 0.15) is 41.0 Å². The molecule has 0 N–H and O–H groups in total. The Bertz CT molecular complexity index is 242. The van der Waals surface area contributed by atoms with E-state index in [1.807, 2.05) is 13.0 Å². The van der Waals surface area contributed by atoms with Crippen LogP contribution in [-0.2, 0) is 4.79 Å². The molecule has 0 unspecified atom stereocenters. The molecule has 0 radical (unpaired) electrons. The Labute approximate surface area is 81.2 Å². The summed E-state index contributed by atoms with van der Waals surface area (Å²) in [5.41, 5.74) is 1.47. The van der Waals surface area contributed by atoms with Crippen LogP contribution in [-0.4, -0.2) is 5.78 Å². The fourth-order valence-electron chi connectivity index (χ4n) is 1.69. The van der Waals surface area contributed by atoms with Gasteiger partial charge in [-0.05, 0) is 23.8 Å². The zero-order chi connectivity index (χ0) is 10.2. The molecule has 1 heteroatoms. The van der Waals surface area contributed by atoms with E-state index < -0.39 is 0 Å². The molecule has 0 heterocycles. The Balaban J connectivity index is 2.92. The minimum atomic E-state index is 0.157. The van der Waals surface area contributed by atoms with Gasteiger partial charge in [-0.25, -0.2) is 0 Å². The zero-order valence-electron chi connectivity index (χ0n) is 9.35. The fraction of sp³-hybridized carbons (Fsp3) is 0.750. The molecule has 0 aromatic carbocycles. The van der Waals surface area contributed by atoms with Crippen molar-refractivity contribution in [3.63, 3.8) is 0 Å². The van der Waals surface area contributed by atoms with E-state index in [9.17, 15) is 4.79 Å². The van der Waals surface area contributed by atoms with E-state index in [2.05, 4.69) is 27.7 Å². The summed E-state index contributed by atoms with van der Waals surface area (Å²) in [7, 11) is 0. The van der Waals surface area contributed by atoms with Crippen molar-refractivity contribution >= 4 is 5.78 Å². The largest absolute Gasteiger partial charge is 0.295 e. The van der Waals surface area contributed by atoms with E-state index in [-0.39, 0.29) is 11.3 Å². The predicted octanol–water partition coefficient (Wildman–Crippen LogP) is 3.20. The van der Waals surface area contributed by atoms with E-state index in [1.54, 1.807) is 0 Å². The third kappa shape index (κ3) is 2.20. The summed E-state index contributed by atoms with van der Waals surface area (Å²) >= 11 is 0. The second kappa shape index (κ2) is 3.28. The lowest BCUT2D eigenvalue weighted by molar-refractivity contribution is -0.119. The van der Waals surface area contributed by atoms with E-state index in [0.717, 1.165) is 6.42 Å². The number of hydrogen-bond donors (Lipinski definition) is 0. The van der Waals surface area contributed by atoms with Crippen LogP contribution >= 0.6 is 0 Å².